The van der Waals surface area contributed by atoms with Crippen LogP contribution in [0.3, 0.4) is 0 Å². The van der Waals surface area contributed by atoms with Crippen molar-refractivity contribution in [1.82, 2.24) is 0 Å². The third-order valence-corrected chi connectivity index (χ3v) is 8.83. The Kier molecular flexibility index (Phi) is 6.24. The summed E-state index contributed by atoms with van der Waals surface area (Å²) in [7, 11) is 0. The maximum Gasteiger partial charge on any atom is 0.0462 e. The fourth-order valence-corrected chi connectivity index (χ4v) is 6.53. The molecule has 0 amide bonds. The van der Waals surface area contributed by atoms with Crippen LogP contribution in [-0.4, -0.2) is 0 Å². The van der Waals surface area contributed by atoms with Crippen molar-refractivity contribution < 1.29 is 0 Å². The van der Waals surface area contributed by atoms with Gasteiger partial charge < -0.3 is 4.90 Å². The Morgan fingerprint density at radius 1 is 0.410 bits per heavy atom. The monoisotopic (exact) mass is 581 g/mol. The summed E-state index contributed by atoms with van der Waals surface area (Å²) in [4.78, 5) is 2.31. The van der Waals surface area contributed by atoms with Crippen molar-refractivity contribution in [1.29, 1.82) is 0 Å². The largest absolute Gasteiger partial charge is 0.311 e. The van der Waals surface area contributed by atoms with E-state index in [1.54, 1.807) is 0 Å². The Morgan fingerprint density at radius 2 is 0.897 bits per heavy atom. The van der Waals surface area contributed by atoms with E-state index in [9.17, 15) is 0 Å². The summed E-state index contributed by atoms with van der Waals surface area (Å²) in [5.41, 5.74) is 8.25. The molecule has 39 heavy (non-hydrogen) atoms. The second kappa shape index (κ2) is 10.2. The quantitative estimate of drug-likeness (QED) is 0.195. The maximum absolute atomic E-state index is 3.53. The molecule has 0 aliphatic carbocycles. The van der Waals surface area contributed by atoms with Crippen molar-refractivity contribution in [2.24, 2.45) is 0 Å². The van der Waals surface area contributed by atoms with Crippen LogP contribution in [0.2, 0.25) is 0 Å². The van der Waals surface area contributed by atoms with Crippen LogP contribution in [-0.2, 0) is 0 Å². The molecule has 3 heteroatoms. The zero-order valence-corrected chi connectivity index (χ0v) is 23.5. The smallest absolute Gasteiger partial charge is 0.0462 e. The first-order valence-corrected chi connectivity index (χ1v) is 14.6. The predicted molar refractivity (Wildman–Crippen MR) is 173 cm³/mol. The highest BCUT2D eigenvalue weighted by atomic mass is 79.9. The number of anilines is 3. The van der Waals surface area contributed by atoms with E-state index in [1.165, 1.54) is 42.4 Å². The summed E-state index contributed by atoms with van der Waals surface area (Å²) < 4.78 is 3.76. The number of para-hydroxylation sites is 1. The highest BCUT2D eigenvalue weighted by molar-refractivity contribution is 9.10. The lowest BCUT2D eigenvalue weighted by Crippen LogP contribution is -2.09. The van der Waals surface area contributed by atoms with Crippen LogP contribution in [0.5, 0.6) is 0 Å². The summed E-state index contributed by atoms with van der Waals surface area (Å²) in [6.07, 6.45) is 0. The number of thiophene rings is 1. The molecule has 0 fully saturated rings. The van der Waals surface area contributed by atoms with Gasteiger partial charge in [0, 0.05) is 41.7 Å². The van der Waals surface area contributed by atoms with Crippen LogP contribution >= 0.6 is 27.3 Å². The zero-order valence-electron chi connectivity index (χ0n) is 21.1. The van der Waals surface area contributed by atoms with Crippen LogP contribution in [0.25, 0.3) is 42.4 Å². The highest BCUT2D eigenvalue weighted by Crippen LogP contribution is 2.39. The first-order valence-electron chi connectivity index (χ1n) is 13.0. The van der Waals surface area contributed by atoms with Crippen LogP contribution in [0.4, 0.5) is 17.1 Å². The average molecular weight is 583 g/mol. The fraction of sp³-hybridized carbons (Fsp3) is 0. The molecule has 0 unspecified atom stereocenters. The number of nitrogens with zero attached hydrogens (tertiary/aromatic N) is 1. The van der Waals surface area contributed by atoms with Gasteiger partial charge in [0.05, 0.1) is 0 Å². The second-order valence-electron chi connectivity index (χ2n) is 9.58. The molecule has 1 heterocycles. The van der Waals surface area contributed by atoms with E-state index < -0.39 is 0 Å². The summed E-state index contributed by atoms with van der Waals surface area (Å²) in [5.74, 6) is 0. The van der Waals surface area contributed by atoms with Crippen molar-refractivity contribution in [2.75, 3.05) is 4.90 Å². The average Bonchev–Trinajstić information content (AvgIpc) is 3.37. The van der Waals surface area contributed by atoms with Gasteiger partial charge in [-0.1, -0.05) is 94.8 Å². The third kappa shape index (κ3) is 4.65. The number of hydrogen-bond donors (Lipinski definition) is 0. The molecular weight excluding hydrogens is 558 g/mol. The first-order chi connectivity index (χ1) is 19.2. The minimum atomic E-state index is 1.09. The number of rotatable bonds is 5. The minimum Gasteiger partial charge on any atom is -0.311 e. The number of fused-ring (bicyclic) bond motifs is 3. The molecule has 0 bridgehead atoms. The van der Waals surface area contributed by atoms with Gasteiger partial charge in [0.2, 0.25) is 0 Å². The van der Waals surface area contributed by atoms with E-state index in [-0.39, 0.29) is 0 Å². The van der Waals surface area contributed by atoms with Crippen LogP contribution < -0.4 is 4.90 Å². The molecule has 7 aromatic rings. The summed E-state index contributed by atoms with van der Waals surface area (Å²) in [6.45, 7) is 0. The predicted octanol–water partition coefficient (Wildman–Crippen LogP) is 11.6. The molecular formula is C36H24BrNS. The number of halogens is 1. The Labute approximate surface area is 240 Å². The van der Waals surface area contributed by atoms with Gasteiger partial charge in [0.15, 0.2) is 0 Å². The lowest BCUT2D eigenvalue weighted by molar-refractivity contribution is 1.28. The Bertz CT molecular complexity index is 1890. The molecule has 0 saturated heterocycles. The van der Waals surface area contributed by atoms with Gasteiger partial charge in [0.25, 0.3) is 0 Å². The molecule has 1 nitrogen and oxygen atoms in total. The standard InChI is InChI=1S/C36H24BrNS/c37-29-17-10-25(11-18-29)26-12-19-31(20-13-26)38(30-6-2-1-3-7-30)32-21-14-27(15-22-32)28-16-23-36-34(24-28)33-8-4-5-9-35(33)39-36/h1-24H. The van der Waals surface area contributed by atoms with Crippen molar-refractivity contribution in [3.05, 3.63) is 150 Å². The minimum absolute atomic E-state index is 1.09. The van der Waals surface area contributed by atoms with Gasteiger partial charge >= 0.3 is 0 Å². The Morgan fingerprint density at radius 3 is 1.56 bits per heavy atom. The van der Waals surface area contributed by atoms with Crippen LogP contribution in [0.1, 0.15) is 0 Å². The summed E-state index contributed by atoms with van der Waals surface area (Å²) in [5, 5.41) is 2.66. The lowest BCUT2D eigenvalue weighted by Gasteiger charge is -2.26. The van der Waals surface area contributed by atoms with Gasteiger partial charge in [-0.25, -0.2) is 0 Å². The first kappa shape index (κ1) is 23.9. The van der Waals surface area contributed by atoms with Gasteiger partial charge in [0.1, 0.15) is 0 Å². The molecule has 0 aliphatic rings. The maximum atomic E-state index is 3.53. The third-order valence-electron chi connectivity index (χ3n) is 7.15. The van der Waals surface area contributed by atoms with Gasteiger partial charge in [-0.05, 0) is 89.0 Å². The van der Waals surface area contributed by atoms with Crippen molar-refractivity contribution >= 4 is 64.5 Å². The molecule has 7 rings (SSSR count). The van der Waals surface area contributed by atoms with Gasteiger partial charge in [-0.2, -0.15) is 0 Å². The SMILES string of the molecule is Brc1ccc(-c2ccc(N(c3ccccc3)c3ccc(-c4ccc5sc6ccccc6c5c4)cc3)cc2)cc1. The highest BCUT2D eigenvalue weighted by Gasteiger charge is 2.13. The van der Waals surface area contributed by atoms with Crippen molar-refractivity contribution in [3.63, 3.8) is 0 Å². The molecule has 0 spiro atoms. The van der Waals surface area contributed by atoms with Crippen LogP contribution in [0.15, 0.2) is 150 Å². The van der Waals surface area contributed by atoms with E-state index in [4.69, 9.17) is 0 Å². The topological polar surface area (TPSA) is 3.24 Å². The van der Waals surface area contributed by atoms with E-state index >= 15 is 0 Å². The zero-order chi connectivity index (χ0) is 26.2. The molecule has 0 N–H and O–H groups in total. The normalized spacial score (nSPS) is 11.2. The molecule has 0 radical (unpaired) electrons. The Balaban J connectivity index is 1.25. The molecule has 186 valence electrons. The molecule has 0 saturated carbocycles. The lowest BCUT2D eigenvalue weighted by atomic mass is 10.0. The number of benzene rings is 6. The van der Waals surface area contributed by atoms with Gasteiger partial charge in [-0.3, -0.25) is 0 Å². The van der Waals surface area contributed by atoms with Crippen molar-refractivity contribution in [2.45, 2.75) is 0 Å². The molecule has 1 aromatic heterocycles. The van der Waals surface area contributed by atoms with Crippen LogP contribution in [0, 0.1) is 0 Å². The van der Waals surface area contributed by atoms with E-state index in [0.717, 1.165) is 21.5 Å². The summed E-state index contributed by atoms with van der Waals surface area (Å²) in [6, 6.07) is 52.2. The van der Waals surface area contributed by atoms with E-state index in [0.29, 0.717) is 0 Å². The molecule has 0 aliphatic heterocycles. The van der Waals surface area contributed by atoms with E-state index in [1.807, 2.05) is 11.3 Å². The second-order valence-corrected chi connectivity index (χ2v) is 11.6. The summed E-state index contributed by atoms with van der Waals surface area (Å²) >= 11 is 5.39. The van der Waals surface area contributed by atoms with Gasteiger partial charge in [-0.15, -0.1) is 11.3 Å². The number of hydrogen-bond acceptors (Lipinski definition) is 2. The fourth-order valence-electron chi connectivity index (χ4n) is 5.18. The van der Waals surface area contributed by atoms with Crippen molar-refractivity contribution in [3.8, 4) is 22.3 Å². The molecule has 0 atom stereocenters. The Hall–Kier alpha value is -4.18. The molecule has 6 aromatic carbocycles. The van der Waals surface area contributed by atoms with E-state index in [2.05, 4.69) is 166 Å².